The van der Waals surface area contributed by atoms with Gasteiger partial charge in [0, 0.05) is 11.6 Å². The molecule has 3 heterocycles. The Labute approximate surface area is 125 Å². The van der Waals surface area contributed by atoms with Crippen LogP contribution in [0.2, 0.25) is 0 Å². The molecule has 0 aliphatic carbocycles. The van der Waals surface area contributed by atoms with Gasteiger partial charge in [-0.05, 0) is 16.5 Å². The summed E-state index contributed by atoms with van der Waals surface area (Å²) in [6, 6.07) is 7.91. The van der Waals surface area contributed by atoms with Crippen molar-refractivity contribution in [3.63, 3.8) is 0 Å². The predicted molar refractivity (Wildman–Crippen MR) is 77.0 cm³/mol. The van der Waals surface area contributed by atoms with Gasteiger partial charge in [0.25, 0.3) is 0 Å². The van der Waals surface area contributed by atoms with Gasteiger partial charge in [-0.1, -0.05) is 18.2 Å². The molecular weight excluding hydrogens is 282 g/mol. The first kappa shape index (κ1) is 14.9. The van der Waals surface area contributed by atoms with E-state index >= 15 is 0 Å². The van der Waals surface area contributed by atoms with E-state index in [0.29, 0.717) is 0 Å². The number of rotatable bonds is 0. The Hall–Kier alpha value is -3.49. The van der Waals surface area contributed by atoms with Crippen LogP contribution in [0.15, 0.2) is 68.2 Å². The molecule has 0 aliphatic heterocycles. The lowest BCUT2D eigenvalue weighted by Gasteiger charge is -1.90. The molecular formula is C13H11N9. The van der Waals surface area contributed by atoms with Gasteiger partial charge in [0.1, 0.15) is 25.3 Å². The average Bonchev–Trinajstić information content (AvgIpc) is 2.66. The summed E-state index contributed by atoms with van der Waals surface area (Å²) in [5.41, 5.74) is 0.998. The summed E-state index contributed by atoms with van der Waals surface area (Å²) in [6.45, 7) is 0. The van der Waals surface area contributed by atoms with Crippen LogP contribution in [-0.2, 0) is 0 Å². The molecule has 22 heavy (non-hydrogen) atoms. The van der Waals surface area contributed by atoms with Gasteiger partial charge in [-0.25, -0.2) is 24.9 Å². The molecule has 0 aliphatic rings. The molecule has 3 aromatic heterocycles. The maximum Gasteiger partial charge on any atom is 0.119 e. The van der Waals surface area contributed by atoms with Gasteiger partial charge in [0.2, 0.25) is 0 Å². The molecule has 9 heteroatoms. The molecule has 0 N–H and O–H groups in total. The highest BCUT2D eigenvalue weighted by atomic mass is 15.4. The lowest BCUT2D eigenvalue weighted by molar-refractivity contribution is 0.761. The van der Waals surface area contributed by atoms with Gasteiger partial charge >= 0.3 is 0 Å². The average molecular weight is 293 g/mol. The van der Waals surface area contributed by atoms with Crippen LogP contribution in [0.1, 0.15) is 0 Å². The van der Waals surface area contributed by atoms with E-state index in [0.717, 1.165) is 10.9 Å². The van der Waals surface area contributed by atoms with Crippen LogP contribution in [0.25, 0.3) is 10.9 Å². The molecule has 0 atom stereocenters. The molecule has 4 rings (SSSR count). The van der Waals surface area contributed by atoms with Crippen LogP contribution in [0, 0.1) is 0 Å². The summed E-state index contributed by atoms with van der Waals surface area (Å²) in [7, 11) is 0. The van der Waals surface area contributed by atoms with Crippen LogP contribution < -0.4 is 0 Å². The van der Waals surface area contributed by atoms with Gasteiger partial charge in [0.05, 0.1) is 17.9 Å². The summed E-state index contributed by atoms with van der Waals surface area (Å²) < 4.78 is 0. The van der Waals surface area contributed by atoms with E-state index in [2.05, 4.69) is 45.5 Å². The topological polar surface area (TPSA) is 116 Å². The smallest absolute Gasteiger partial charge is 0.119 e. The highest BCUT2D eigenvalue weighted by Crippen LogP contribution is 2.06. The second-order valence-corrected chi connectivity index (χ2v) is 3.58. The normalized spacial score (nSPS) is 8.91. The van der Waals surface area contributed by atoms with Crippen LogP contribution >= 0.6 is 0 Å². The van der Waals surface area contributed by atoms with Crippen LogP contribution in [0.5, 0.6) is 0 Å². The molecule has 108 valence electrons. The van der Waals surface area contributed by atoms with E-state index in [1.54, 1.807) is 6.33 Å². The monoisotopic (exact) mass is 293 g/mol. The number of fused-ring (bicyclic) bond motifs is 1. The van der Waals surface area contributed by atoms with E-state index in [-0.39, 0.29) is 0 Å². The summed E-state index contributed by atoms with van der Waals surface area (Å²) in [5, 5.41) is 14.2. The summed E-state index contributed by atoms with van der Waals surface area (Å²) in [5.74, 6) is 0. The third kappa shape index (κ3) is 5.65. The van der Waals surface area contributed by atoms with Crippen molar-refractivity contribution < 1.29 is 0 Å². The lowest BCUT2D eigenvalue weighted by atomic mass is 10.2. The predicted octanol–water partition coefficient (Wildman–Crippen LogP) is 0.768. The van der Waals surface area contributed by atoms with Crippen molar-refractivity contribution in [1.82, 2.24) is 45.5 Å². The van der Waals surface area contributed by atoms with E-state index in [1.807, 2.05) is 30.5 Å². The molecule has 0 unspecified atom stereocenters. The molecule has 0 saturated carbocycles. The first-order valence-corrected chi connectivity index (χ1v) is 6.11. The van der Waals surface area contributed by atoms with Gasteiger partial charge in [0.15, 0.2) is 0 Å². The van der Waals surface area contributed by atoms with Crippen LogP contribution in [-0.4, -0.2) is 45.5 Å². The molecule has 0 bridgehead atoms. The van der Waals surface area contributed by atoms with Gasteiger partial charge in [-0.2, -0.15) is 0 Å². The standard InChI is InChI=1S/C8H6N2.C3H3N3.C2H2N4/c1-2-4-8-7(3-1)5-9-6-10-8;1-4-2-6-3-5-1;1-2-4-6-5-3-1/h1-6H;1-3H;1-2H. The number of hydrogen-bond donors (Lipinski definition) is 0. The van der Waals surface area contributed by atoms with Crippen molar-refractivity contribution in [2.45, 2.75) is 0 Å². The number of nitrogens with zero attached hydrogens (tertiary/aromatic N) is 9. The molecule has 0 radical (unpaired) electrons. The first-order chi connectivity index (χ1) is 11.0. The Bertz CT molecular complexity index is 602. The molecule has 1 aromatic carbocycles. The Morgan fingerprint density at radius 3 is 1.77 bits per heavy atom. The zero-order valence-electron chi connectivity index (χ0n) is 11.4. The second kappa shape index (κ2) is 9.42. The highest BCUT2D eigenvalue weighted by Gasteiger charge is 1.87. The second-order valence-electron chi connectivity index (χ2n) is 3.58. The number of hydrogen-bond acceptors (Lipinski definition) is 9. The fraction of sp³-hybridized carbons (Fsp3) is 0. The van der Waals surface area contributed by atoms with Crippen molar-refractivity contribution in [3.05, 3.63) is 68.2 Å². The van der Waals surface area contributed by atoms with Crippen molar-refractivity contribution in [3.8, 4) is 0 Å². The molecule has 0 saturated heterocycles. The van der Waals surface area contributed by atoms with E-state index in [9.17, 15) is 0 Å². The summed E-state index contributed by atoms with van der Waals surface area (Å²) in [4.78, 5) is 18.7. The molecule has 0 spiro atoms. The SMILES string of the molecule is c1ccc2ncncc2c1.c1cnnnn1.c1ncncn1. The van der Waals surface area contributed by atoms with Crippen molar-refractivity contribution in [2.75, 3.05) is 0 Å². The van der Waals surface area contributed by atoms with E-state index < -0.39 is 0 Å². The lowest BCUT2D eigenvalue weighted by Crippen LogP contribution is -1.84. The molecule has 4 aromatic rings. The first-order valence-electron chi connectivity index (χ1n) is 6.11. The summed E-state index contributed by atoms with van der Waals surface area (Å²) in [6.07, 6.45) is 10.6. The Balaban J connectivity index is 0.000000128. The third-order valence-electron chi connectivity index (χ3n) is 2.16. The Kier molecular flexibility index (Phi) is 6.38. The largest absolute Gasteiger partial charge is 0.244 e. The Morgan fingerprint density at radius 1 is 0.636 bits per heavy atom. The van der Waals surface area contributed by atoms with Gasteiger partial charge in [-0.3, -0.25) is 0 Å². The highest BCUT2D eigenvalue weighted by molar-refractivity contribution is 5.76. The minimum Gasteiger partial charge on any atom is -0.244 e. The molecule has 0 fully saturated rings. The Morgan fingerprint density at radius 2 is 1.27 bits per heavy atom. The van der Waals surface area contributed by atoms with Crippen molar-refractivity contribution >= 4 is 10.9 Å². The molecule has 0 amide bonds. The quantitative estimate of drug-likeness (QED) is 0.463. The van der Waals surface area contributed by atoms with Crippen molar-refractivity contribution in [2.24, 2.45) is 0 Å². The minimum absolute atomic E-state index is 0.998. The molecule has 9 nitrogen and oxygen atoms in total. The van der Waals surface area contributed by atoms with Crippen molar-refractivity contribution in [1.29, 1.82) is 0 Å². The minimum atomic E-state index is 0.998. The fourth-order valence-corrected chi connectivity index (χ4v) is 1.29. The van der Waals surface area contributed by atoms with E-state index in [4.69, 9.17) is 0 Å². The maximum absolute atomic E-state index is 4.07. The third-order valence-corrected chi connectivity index (χ3v) is 2.16. The van der Waals surface area contributed by atoms with E-state index in [1.165, 1.54) is 31.4 Å². The van der Waals surface area contributed by atoms with Crippen LogP contribution in [0.3, 0.4) is 0 Å². The van der Waals surface area contributed by atoms with Gasteiger partial charge < -0.3 is 0 Å². The fourth-order valence-electron chi connectivity index (χ4n) is 1.29. The zero-order chi connectivity index (χ0) is 15.3. The maximum atomic E-state index is 4.07. The number of aromatic nitrogens is 9. The van der Waals surface area contributed by atoms with Gasteiger partial charge in [-0.15, -0.1) is 10.2 Å². The number of benzene rings is 1. The number of para-hydroxylation sites is 1. The summed E-state index contributed by atoms with van der Waals surface area (Å²) >= 11 is 0. The van der Waals surface area contributed by atoms with Crippen LogP contribution in [0.4, 0.5) is 0 Å². The zero-order valence-corrected chi connectivity index (χ0v) is 11.4.